The first kappa shape index (κ1) is 23.3. The molecule has 0 saturated heterocycles. The minimum absolute atomic E-state index is 0.0510. The molecule has 9 heteroatoms. The van der Waals surface area contributed by atoms with Gasteiger partial charge in [-0.15, -0.1) is 11.3 Å². The van der Waals surface area contributed by atoms with E-state index in [1.165, 1.54) is 11.3 Å². The number of nitrogens with zero attached hydrogens (tertiary/aromatic N) is 1. The molecule has 1 aromatic carbocycles. The summed E-state index contributed by atoms with van der Waals surface area (Å²) in [6, 6.07) is 6.70. The van der Waals surface area contributed by atoms with Crippen LogP contribution >= 0.6 is 11.3 Å². The minimum Gasteiger partial charge on any atom is -0.444 e. The van der Waals surface area contributed by atoms with Crippen molar-refractivity contribution in [2.75, 3.05) is 11.9 Å². The third kappa shape index (κ3) is 7.82. The number of benzene rings is 1. The monoisotopic (exact) mass is 432 g/mol. The van der Waals surface area contributed by atoms with Crippen molar-refractivity contribution in [3.63, 3.8) is 0 Å². The van der Waals surface area contributed by atoms with Gasteiger partial charge >= 0.3 is 6.09 Å². The van der Waals surface area contributed by atoms with Gasteiger partial charge in [-0.05, 0) is 58.9 Å². The molecule has 3 N–H and O–H groups in total. The van der Waals surface area contributed by atoms with Crippen LogP contribution in [-0.2, 0) is 11.2 Å². The lowest BCUT2D eigenvalue weighted by Gasteiger charge is -2.19. The van der Waals surface area contributed by atoms with Crippen LogP contribution in [0.25, 0.3) is 0 Å². The highest BCUT2D eigenvalue weighted by Crippen LogP contribution is 2.14. The third-order valence-corrected chi connectivity index (χ3v) is 4.52. The first-order valence-electron chi connectivity index (χ1n) is 9.67. The summed E-state index contributed by atoms with van der Waals surface area (Å²) in [7, 11) is 0. The van der Waals surface area contributed by atoms with E-state index in [0.29, 0.717) is 29.9 Å². The standard InChI is InChI=1S/C21H28N4O4S/c1-13(2)23-18(26)14-6-8-15(9-7-14)24-19(27)16-12-30-17(25-16)10-11-22-20(28)29-21(3,4)5/h6-9,12-13H,10-11H2,1-5H3,(H,22,28)(H,23,26)(H,24,27). The van der Waals surface area contributed by atoms with Gasteiger partial charge in [0.15, 0.2) is 0 Å². The molecule has 2 rings (SSSR count). The molecule has 30 heavy (non-hydrogen) atoms. The van der Waals surface area contributed by atoms with Gasteiger partial charge < -0.3 is 20.7 Å². The van der Waals surface area contributed by atoms with E-state index in [2.05, 4.69) is 20.9 Å². The van der Waals surface area contributed by atoms with E-state index in [-0.39, 0.29) is 17.9 Å². The first-order valence-corrected chi connectivity index (χ1v) is 10.5. The Hall–Kier alpha value is -2.94. The molecule has 0 radical (unpaired) electrons. The van der Waals surface area contributed by atoms with Crippen LogP contribution in [0.2, 0.25) is 0 Å². The van der Waals surface area contributed by atoms with Crippen molar-refractivity contribution in [2.45, 2.75) is 52.7 Å². The fourth-order valence-electron chi connectivity index (χ4n) is 2.36. The summed E-state index contributed by atoms with van der Waals surface area (Å²) < 4.78 is 5.17. The van der Waals surface area contributed by atoms with Crippen LogP contribution in [0.4, 0.5) is 10.5 Å². The fraction of sp³-hybridized carbons (Fsp3) is 0.429. The molecule has 3 amide bonds. The summed E-state index contributed by atoms with van der Waals surface area (Å²) in [5.74, 6) is -0.496. The number of anilines is 1. The zero-order chi connectivity index (χ0) is 22.3. The molecule has 0 unspecified atom stereocenters. The Balaban J connectivity index is 1.85. The summed E-state index contributed by atoms with van der Waals surface area (Å²) in [5, 5.41) is 10.6. The van der Waals surface area contributed by atoms with Crippen LogP contribution in [0.3, 0.4) is 0 Å². The van der Waals surface area contributed by atoms with Gasteiger partial charge in [0.1, 0.15) is 11.3 Å². The number of amides is 3. The summed E-state index contributed by atoms with van der Waals surface area (Å²) in [6.45, 7) is 9.54. The molecule has 2 aromatic rings. The van der Waals surface area contributed by atoms with Crippen molar-refractivity contribution in [2.24, 2.45) is 0 Å². The lowest BCUT2D eigenvalue weighted by Crippen LogP contribution is -2.33. The molecule has 0 aliphatic rings. The van der Waals surface area contributed by atoms with E-state index in [1.807, 2.05) is 13.8 Å². The molecule has 0 spiro atoms. The molecular weight excluding hydrogens is 404 g/mol. The number of nitrogens with one attached hydrogen (secondary N) is 3. The van der Waals surface area contributed by atoms with Gasteiger partial charge in [0.05, 0.1) is 5.01 Å². The number of carbonyl (C=O) groups is 3. The molecule has 0 saturated carbocycles. The lowest BCUT2D eigenvalue weighted by molar-refractivity contribution is 0.0528. The van der Waals surface area contributed by atoms with Crippen molar-refractivity contribution >= 4 is 34.9 Å². The number of rotatable bonds is 7. The summed E-state index contributed by atoms with van der Waals surface area (Å²) >= 11 is 1.35. The Kier molecular flexibility index (Phi) is 7.93. The molecule has 0 aliphatic carbocycles. The van der Waals surface area contributed by atoms with Crippen LogP contribution in [0.15, 0.2) is 29.6 Å². The van der Waals surface area contributed by atoms with Crippen LogP contribution in [0, 0.1) is 0 Å². The summed E-state index contributed by atoms with van der Waals surface area (Å²) in [5.41, 5.74) is 0.846. The Labute approximate surface area is 180 Å². The normalized spacial score (nSPS) is 11.1. The molecular formula is C21H28N4O4S. The summed E-state index contributed by atoms with van der Waals surface area (Å²) in [6.07, 6.45) is 0.0131. The largest absolute Gasteiger partial charge is 0.444 e. The van der Waals surface area contributed by atoms with Crippen molar-refractivity contribution < 1.29 is 19.1 Å². The van der Waals surface area contributed by atoms with Crippen molar-refractivity contribution in [1.29, 1.82) is 0 Å². The second-order valence-electron chi connectivity index (χ2n) is 7.96. The highest BCUT2D eigenvalue weighted by molar-refractivity contribution is 7.09. The quantitative estimate of drug-likeness (QED) is 0.619. The highest BCUT2D eigenvalue weighted by Gasteiger charge is 2.16. The molecule has 0 bridgehead atoms. The second-order valence-corrected chi connectivity index (χ2v) is 8.91. The number of aromatic nitrogens is 1. The van der Waals surface area contributed by atoms with Crippen molar-refractivity contribution in [3.8, 4) is 0 Å². The maximum absolute atomic E-state index is 12.4. The fourth-order valence-corrected chi connectivity index (χ4v) is 3.14. The van der Waals surface area contributed by atoms with Crippen molar-refractivity contribution in [1.82, 2.24) is 15.6 Å². The summed E-state index contributed by atoms with van der Waals surface area (Å²) in [4.78, 5) is 40.3. The van der Waals surface area contributed by atoms with Gasteiger partial charge in [-0.3, -0.25) is 9.59 Å². The Morgan fingerprint density at radius 2 is 1.77 bits per heavy atom. The van der Waals surface area contributed by atoms with Crippen LogP contribution in [0.5, 0.6) is 0 Å². The van der Waals surface area contributed by atoms with E-state index in [0.717, 1.165) is 5.01 Å². The Bertz CT molecular complexity index is 885. The molecule has 8 nitrogen and oxygen atoms in total. The third-order valence-electron chi connectivity index (χ3n) is 3.62. The number of alkyl carbamates (subject to hydrolysis) is 1. The van der Waals surface area contributed by atoms with Gasteiger partial charge in [-0.25, -0.2) is 9.78 Å². The zero-order valence-corrected chi connectivity index (χ0v) is 18.7. The molecule has 1 heterocycles. The number of ether oxygens (including phenoxy) is 1. The van der Waals surface area contributed by atoms with Crippen LogP contribution in [-0.4, -0.2) is 41.1 Å². The first-order chi connectivity index (χ1) is 14.0. The molecule has 1 aromatic heterocycles. The average molecular weight is 433 g/mol. The van der Waals surface area contributed by atoms with Gasteiger partial charge in [-0.1, -0.05) is 0 Å². The Morgan fingerprint density at radius 1 is 1.10 bits per heavy atom. The zero-order valence-electron chi connectivity index (χ0n) is 17.9. The average Bonchev–Trinajstić information content (AvgIpc) is 3.09. The SMILES string of the molecule is CC(C)NC(=O)c1ccc(NC(=O)c2csc(CCNC(=O)OC(C)(C)C)n2)cc1. The van der Waals surface area contributed by atoms with E-state index in [9.17, 15) is 14.4 Å². The molecule has 0 fully saturated rings. The minimum atomic E-state index is -0.549. The second kappa shape index (κ2) is 10.2. The highest BCUT2D eigenvalue weighted by atomic mass is 32.1. The number of hydrogen-bond acceptors (Lipinski definition) is 6. The molecule has 162 valence electrons. The Morgan fingerprint density at radius 3 is 2.37 bits per heavy atom. The van der Waals surface area contributed by atoms with Gasteiger partial charge in [-0.2, -0.15) is 0 Å². The van der Waals surface area contributed by atoms with Gasteiger partial charge in [0, 0.05) is 35.6 Å². The van der Waals surface area contributed by atoms with E-state index < -0.39 is 11.7 Å². The van der Waals surface area contributed by atoms with Crippen LogP contribution in [0.1, 0.15) is 60.5 Å². The van der Waals surface area contributed by atoms with E-state index >= 15 is 0 Å². The van der Waals surface area contributed by atoms with Crippen molar-refractivity contribution in [3.05, 3.63) is 45.9 Å². The number of hydrogen-bond donors (Lipinski definition) is 3. The molecule has 0 atom stereocenters. The number of thiazole rings is 1. The maximum atomic E-state index is 12.4. The maximum Gasteiger partial charge on any atom is 0.407 e. The number of carbonyl (C=O) groups excluding carboxylic acids is 3. The predicted octanol–water partition coefficient (Wildman–Crippen LogP) is 3.60. The van der Waals surface area contributed by atoms with Crippen LogP contribution < -0.4 is 16.0 Å². The van der Waals surface area contributed by atoms with E-state index in [4.69, 9.17) is 4.74 Å². The van der Waals surface area contributed by atoms with Gasteiger partial charge in [0.25, 0.3) is 11.8 Å². The molecule has 0 aliphatic heterocycles. The lowest BCUT2D eigenvalue weighted by atomic mass is 10.2. The van der Waals surface area contributed by atoms with Gasteiger partial charge in [0.2, 0.25) is 0 Å². The topological polar surface area (TPSA) is 109 Å². The smallest absolute Gasteiger partial charge is 0.407 e. The van der Waals surface area contributed by atoms with E-state index in [1.54, 1.807) is 50.4 Å². The predicted molar refractivity (Wildman–Crippen MR) is 117 cm³/mol.